The lowest BCUT2D eigenvalue weighted by Gasteiger charge is -2.36. The number of alkyl halides is 3. The zero-order chi connectivity index (χ0) is 14.0. The average molecular weight is 268 g/mol. The summed E-state index contributed by atoms with van der Waals surface area (Å²) in [4.78, 5) is 12.7. The van der Waals surface area contributed by atoms with Gasteiger partial charge in [-0.25, -0.2) is 0 Å². The normalized spacial score (nSPS) is 22.9. The van der Waals surface area contributed by atoms with E-state index in [0.29, 0.717) is 6.54 Å². The SMILES string of the molecule is CC(C)(C)OC(=O)CN1CCNC[C@@H]1C(F)(F)F. The lowest BCUT2D eigenvalue weighted by molar-refractivity contribution is -0.191. The quantitative estimate of drug-likeness (QED) is 0.763. The van der Waals surface area contributed by atoms with Crippen LogP contribution >= 0.6 is 0 Å². The van der Waals surface area contributed by atoms with Crippen molar-refractivity contribution in [3.05, 3.63) is 0 Å². The van der Waals surface area contributed by atoms with Crippen LogP contribution in [0, 0.1) is 0 Å². The number of halogens is 3. The van der Waals surface area contributed by atoms with E-state index in [1.807, 2.05) is 0 Å². The van der Waals surface area contributed by atoms with Gasteiger partial charge in [0.1, 0.15) is 11.6 Å². The Morgan fingerprint density at radius 1 is 1.39 bits per heavy atom. The molecule has 7 heteroatoms. The Labute approximate surface area is 104 Å². The lowest BCUT2D eigenvalue weighted by atomic mass is 10.1. The van der Waals surface area contributed by atoms with E-state index in [1.165, 1.54) is 0 Å². The van der Waals surface area contributed by atoms with Gasteiger partial charge in [-0.15, -0.1) is 0 Å². The molecule has 1 saturated heterocycles. The average Bonchev–Trinajstić information content (AvgIpc) is 2.13. The number of nitrogens with one attached hydrogen (secondary N) is 1. The van der Waals surface area contributed by atoms with Gasteiger partial charge in [-0.05, 0) is 20.8 Å². The zero-order valence-corrected chi connectivity index (χ0v) is 10.8. The molecule has 1 N–H and O–H groups in total. The number of carbonyl (C=O) groups is 1. The molecule has 0 aromatic carbocycles. The molecular weight excluding hydrogens is 249 g/mol. The lowest BCUT2D eigenvalue weighted by Crippen LogP contribution is -2.59. The monoisotopic (exact) mass is 268 g/mol. The molecule has 1 atom stereocenters. The highest BCUT2D eigenvalue weighted by molar-refractivity contribution is 5.72. The van der Waals surface area contributed by atoms with Crippen molar-refractivity contribution in [3.8, 4) is 0 Å². The molecule has 4 nitrogen and oxygen atoms in total. The van der Waals surface area contributed by atoms with Gasteiger partial charge in [0.25, 0.3) is 0 Å². The molecule has 0 radical (unpaired) electrons. The smallest absolute Gasteiger partial charge is 0.405 e. The van der Waals surface area contributed by atoms with Crippen LogP contribution in [0.25, 0.3) is 0 Å². The molecule has 1 aliphatic heterocycles. The predicted molar refractivity (Wildman–Crippen MR) is 60.1 cm³/mol. The number of piperazine rings is 1. The molecule has 1 fully saturated rings. The fraction of sp³-hybridized carbons (Fsp3) is 0.909. The number of hydrogen-bond donors (Lipinski definition) is 1. The van der Waals surface area contributed by atoms with Gasteiger partial charge >= 0.3 is 12.1 Å². The number of esters is 1. The van der Waals surface area contributed by atoms with Crippen molar-refractivity contribution in [1.82, 2.24) is 10.2 Å². The third-order valence-electron chi connectivity index (χ3n) is 2.48. The van der Waals surface area contributed by atoms with E-state index in [1.54, 1.807) is 20.8 Å². The summed E-state index contributed by atoms with van der Waals surface area (Å²) in [6, 6.07) is -1.63. The highest BCUT2D eigenvalue weighted by Crippen LogP contribution is 2.25. The van der Waals surface area contributed by atoms with Gasteiger partial charge < -0.3 is 10.1 Å². The topological polar surface area (TPSA) is 41.6 Å². The molecule has 0 bridgehead atoms. The molecule has 0 saturated carbocycles. The van der Waals surface area contributed by atoms with Crippen LogP contribution in [0.5, 0.6) is 0 Å². The van der Waals surface area contributed by atoms with Gasteiger partial charge in [-0.2, -0.15) is 13.2 Å². The van der Waals surface area contributed by atoms with Crippen molar-refractivity contribution >= 4 is 5.97 Å². The molecule has 0 aliphatic carbocycles. The number of ether oxygens (including phenoxy) is 1. The van der Waals surface area contributed by atoms with Gasteiger partial charge in [-0.3, -0.25) is 9.69 Å². The minimum Gasteiger partial charge on any atom is -0.459 e. The first-order chi connectivity index (χ1) is 8.09. The molecule has 0 aromatic rings. The second kappa shape index (κ2) is 5.44. The Bertz CT molecular complexity index is 300. The summed E-state index contributed by atoms with van der Waals surface area (Å²) in [5.41, 5.74) is -0.682. The van der Waals surface area contributed by atoms with Gasteiger partial charge in [0.15, 0.2) is 0 Å². The number of rotatable bonds is 2. The van der Waals surface area contributed by atoms with Crippen molar-refractivity contribution in [2.75, 3.05) is 26.2 Å². The van der Waals surface area contributed by atoms with E-state index in [9.17, 15) is 18.0 Å². The van der Waals surface area contributed by atoms with E-state index in [0.717, 1.165) is 4.90 Å². The predicted octanol–water partition coefficient (Wildman–Crippen LogP) is 1.16. The molecule has 1 rings (SSSR count). The van der Waals surface area contributed by atoms with E-state index in [4.69, 9.17) is 4.74 Å². The van der Waals surface area contributed by atoms with Crippen LogP contribution in [-0.4, -0.2) is 54.9 Å². The number of carbonyl (C=O) groups excluding carboxylic acids is 1. The molecule has 0 spiro atoms. The van der Waals surface area contributed by atoms with Crippen molar-refractivity contribution in [3.63, 3.8) is 0 Å². The summed E-state index contributed by atoms with van der Waals surface area (Å²) < 4.78 is 43.3. The molecule has 1 heterocycles. The maximum Gasteiger partial charge on any atom is 0.405 e. The first kappa shape index (κ1) is 15.2. The van der Waals surface area contributed by atoms with Gasteiger partial charge in [-0.1, -0.05) is 0 Å². The Morgan fingerprint density at radius 2 is 2.00 bits per heavy atom. The minimum atomic E-state index is -4.34. The van der Waals surface area contributed by atoms with Crippen LogP contribution in [0.1, 0.15) is 20.8 Å². The van der Waals surface area contributed by atoms with Crippen LogP contribution in [0.15, 0.2) is 0 Å². The van der Waals surface area contributed by atoms with Crippen molar-refractivity contribution in [1.29, 1.82) is 0 Å². The van der Waals surface area contributed by atoms with Crippen LogP contribution in [-0.2, 0) is 9.53 Å². The first-order valence-electron chi connectivity index (χ1n) is 5.83. The summed E-state index contributed by atoms with van der Waals surface area (Å²) >= 11 is 0. The third-order valence-corrected chi connectivity index (χ3v) is 2.48. The maximum absolute atomic E-state index is 12.7. The van der Waals surface area contributed by atoms with Crippen LogP contribution < -0.4 is 5.32 Å². The maximum atomic E-state index is 12.7. The highest BCUT2D eigenvalue weighted by atomic mass is 19.4. The Hall–Kier alpha value is -0.820. The van der Waals surface area contributed by atoms with E-state index >= 15 is 0 Å². The summed E-state index contributed by atoms with van der Waals surface area (Å²) in [6.07, 6.45) is -4.34. The fourth-order valence-electron chi connectivity index (χ4n) is 1.80. The highest BCUT2D eigenvalue weighted by Gasteiger charge is 2.45. The minimum absolute atomic E-state index is 0.184. The molecule has 18 heavy (non-hydrogen) atoms. The Morgan fingerprint density at radius 3 is 2.50 bits per heavy atom. The second-order valence-corrected chi connectivity index (χ2v) is 5.32. The van der Waals surface area contributed by atoms with E-state index in [-0.39, 0.29) is 19.6 Å². The van der Waals surface area contributed by atoms with Crippen LogP contribution in [0.4, 0.5) is 13.2 Å². The third kappa shape index (κ3) is 4.81. The van der Waals surface area contributed by atoms with Crippen molar-refractivity contribution in [2.24, 2.45) is 0 Å². The molecule has 0 unspecified atom stereocenters. The first-order valence-corrected chi connectivity index (χ1v) is 5.83. The molecular formula is C11H19F3N2O2. The molecule has 0 amide bonds. The van der Waals surface area contributed by atoms with E-state index < -0.39 is 23.8 Å². The number of hydrogen-bond acceptors (Lipinski definition) is 4. The van der Waals surface area contributed by atoms with Gasteiger partial charge in [0.2, 0.25) is 0 Å². The summed E-state index contributed by atoms with van der Waals surface area (Å²) in [5.74, 6) is -0.626. The summed E-state index contributed by atoms with van der Waals surface area (Å²) in [5, 5.41) is 2.68. The molecule has 106 valence electrons. The Balaban J connectivity index is 2.60. The van der Waals surface area contributed by atoms with E-state index in [2.05, 4.69) is 5.32 Å². The van der Waals surface area contributed by atoms with Gasteiger partial charge in [0, 0.05) is 19.6 Å². The standard InChI is InChI=1S/C11H19F3N2O2/c1-10(2,3)18-9(17)7-16-5-4-15-6-8(16)11(12,13)14/h8,15H,4-7H2,1-3H3/t8-/m1/s1. The summed E-state index contributed by atoms with van der Waals surface area (Å²) in [7, 11) is 0. The summed E-state index contributed by atoms with van der Waals surface area (Å²) in [6.45, 7) is 5.16. The molecule has 0 aromatic heterocycles. The Kier molecular flexibility index (Phi) is 4.61. The zero-order valence-electron chi connectivity index (χ0n) is 10.8. The van der Waals surface area contributed by atoms with Gasteiger partial charge in [0.05, 0.1) is 6.54 Å². The van der Waals surface area contributed by atoms with Crippen molar-refractivity contribution in [2.45, 2.75) is 38.6 Å². The second-order valence-electron chi connectivity index (χ2n) is 5.32. The van der Waals surface area contributed by atoms with Crippen LogP contribution in [0.2, 0.25) is 0 Å². The van der Waals surface area contributed by atoms with Crippen molar-refractivity contribution < 1.29 is 22.7 Å². The fourth-order valence-corrected chi connectivity index (χ4v) is 1.80. The molecule has 1 aliphatic rings. The van der Waals surface area contributed by atoms with Crippen LogP contribution in [0.3, 0.4) is 0 Å². The number of nitrogens with zero attached hydrogens (tertiary/aromatic N) is 1. The largest absolute Gasteiger partial charge is 0.459 e.